The highest BCUT2D eigenvalue weighted by Crippen LogP contribution is 2.24. The Morgan fingerprint density at radius 3 is 2.59 bits per heavy atom. The van der Waals surface area contributed by atoms with Gasteiger partial charge in [-0.2, -0.15) is 0 Å². The summed E-state index contributed by atoms with van der Waals surface area (Å²) in [7, 11) is 0. The van der Waals surface area contributed by atoms with E-state index in [4.69, 9.17) is 9.47 Å². The molecule has 1 N–H and O–H groups in total. The van der Waals surface area contributed by atoms with E-state index < -0.39 is 0 Å². The first kappa shape index (κ1) is 16.2. The number of anilines is 1. The largest absolute Gasteiger partial charge is 0.492 e. The van der Waals surface area contributed by atoms with Gasteiger partial charge in [0.2, 0.25) is 0 Å². The third-order valence-electron chi connectivity index (χ3n) is 3.45. The smallest absolute Gasteiger partial charge is 0.142 e. The molecule has 0 radical (unpaired) electrons. The van der Waals surface area contributed by atoms with Crippen LogP contribution in [0, 0.1) is 6.92 Å². The molecule has 0 heterocycles. The van der Waals surface area contributed by atoms with Gasteiger partial charge in [0.15, 0.2) is 0 Å². The summed E-state index contributed by atoms with van der Waals surface area (Å²) < 4.78 is 11.7. The fourth-order valence-corrected chi connectivity index (χ4v) is 2.27. The number of rotatable bonds is 8. The molecule has 0 aliphatic rings. The highest BCUT2D eigenvalue weighted by Gasteiger charge is 2.10. The van der Waals surface area contributed by atoms with Crippen molar-refractivity contribution >= 4 is 5.69 Å². The number of ether oxygens (including phenoxy) is 2. The van der Waals surface area contributed by atoms with E-state index in [2.05, 4.69) is 31.3 Å². The Bertz CT molecular complexity index is 583. The maximum atomic E-state index is 6.06. The van der Waals surface area contributed by atoms with Crippen LogP contribution in [-0.4, -0.2) is 19.3 Å². The maximum Gasteiger partial charge on any atom is 0.142 e. The van der Waals surface area contributed by atoms with Crippen molar-refractivity contribution in [2.75, 3.05) is 18.5 Å². The quantitative estimate of drug-likeness (QED) is 0.768. The molecular formula is C19H25NO2. The molecule has 3 heteroatoms. The summed E-state index contributed by atoms with van der Waals surface area (Å²) in [6.07, 6.45) is 1.06. The Labute approximate surface area is 133 Å². The summed E-state index contributed by atoms with van der Waals surface area (Å²) in [5, 5.41) is 3.43. The molecule has 1 unspecified atom stereocenters. The highest BCUT2D eigenvalue weighted by atomic mass is 16.5. The van der Waals surface area contributed by atoms with Crippen molar-refractivity contribution in [3.63, 3.8) is 0 Å². The zero-order valence-electron chi connectivity index (χ0n) is 13.6. The molecule has 0 spiro atoms. The normalized spacial score (nSPS) is 11.8. The van der Waals surface area contributed by atoms with Gasteiger partial charge in [0, 0.05) is 0 Å². The van der Waals surface area contributed by atoms with Crippen molar-refractivity contribution in [2.24, 2.45) is 0 Å². The van der Waals surface area contributed by atoms with E-state index >= 15 is 0 Å². The van der Waals surface area contributed by atoms with Crippen LogP contribution in [0.1, 0.15) is 25.8 Å². The number of aryl methyl sites for hydroxylation is 1. The predicted octanol–water partition coefficient (Wildman–Crippen LogP) is 4.66. The molecule has 0 aromatic heterocycles. The number of benzene rings is 2. The zero-order chi connectivity index (χ0) is 15.8. The summed E-state index contributed by atoms with van der Waals surface area (Å²) in [5.74, 6) is 1.81. The second kappa shape index (κ2) is 8.32. The van der Waals surface area contributed by atoms with Crippen LogP contribution < -0.4 is 14.8 Å². The van der Waals surface area contributed by atoms with E-state index in [0.29, 0.717) is 6.61 Å². The van der Waals surface area contributed by atoms with Crippen LogP contribution in [0.5, 0.6) is 11.5 Å². The van der Waals surface area contributed by atoms with E-state index in [-0.39, 0.29) is 6.10 Å². The van der Waals surface area contributed by atoms with Crippen LogP contribution in [0.25, 0.3) is 0 Å². The Kier molecular flexibility index (Phi) is 6.13. The first-order chi connectivity index (χ1) is 10.7. The predicted molar refractivity (Wildman–Crippen MR) is 92.0 cm³/mol. The van der Waals surface area contributed by atoms with Crippen LogP contribution in [0.2, 0.25) is 0 Å². The lowest BCUT2D eigenvalue weighted by molar-refractivity contribution is 0.210. The summed E-state index contributed by atoms with van der Waals surface area (Å²) in [6, 6.07) is 16.2. The van der Waals surface area contributed by atoms with E-state index in [1.54, 1.807) is 0 Å². The average Bonchev–Trinajstić information content (AvgIpc) is 2.53. The Balaban J connectivity index is 1.96. The van der Waals surface area contributed by atoms with E-state index in [9.17, 15) is 0 Å². The zero-order valence-corrected chi connectivity index (χ0v) is 13.6. The van der Waals surface area contributed by atoms with Crippen LogP contribution >= 0.6 is 0 Å². The molecular weight excluding hydrogens is 274 g/mol. The lowest BCUT2D eigenvalue weighted by atomic mass is 10.2. The van der Waals surface area contributed by atoms with Gasteiger partial charge in [0.1, 0.15) is 17.6 Å². The van der Waals surface area contributed by atoms with Crippen molar-refractivity contribution in [1.82, 2.24) is 0 Å². The monoisotopic (exact) mass is 299 g/mol. The molecule has 0 fully saturated rings. The molecule has 2 aromatic carbocycles. The molecule has 0 bridgehead atoms. The van der Waals surface area contributed by atoms with Gasteiger partial charge in [0.25, 0.3) is 0 Å². The Hall–Kier alpha value is -2.16. The topological polar surface area (TPSA) is 30.5 Å². The van der Waals surface area contributed by atoms with Crippen LogP contribution in [-0.2, 0) is 0 Å². The fourth-order valence-electron chi connectivity index (χ4n) is 2.27. The molecule has 0 saturated carbocycles. The lowest BCUT2D eigenvalue weighted by Crippen LogP contribution is -2.25. The average molecular weight is 299 g/mol. The maximum absolute atomic E-state index is 6.06. The third kappa shape index (κ3) is 4.69. The van der Waals surface area contributed by atoms with Crippen LogP contribution in [0.4, 0.5) is 5.69 Å². The lowest BCUT2D eigenvalue weighted by Gasteiger charge is -2.20. The summed E-state index contributed by atoms with van der Waals surface area (Å²) in [6.45, 7) is 7.61. The summed E-state index contributed by atoms with van der Waals surface area (Å²) >= 11 is 0. The van der Waals surface area contributed by atoms with E-state index in [0.717, 1.165) is 30.2 Å². The van der Waals surface area contributed by atoms with Gasteiger partial charge in [-0.3, -0.25) is 0 Å². The van der Waals surface area contributed by atoms with Gasteiger partial charge in [-0.05, 0) is 50.1 Å². The van der Waals surface area contributed by atoms with Crippen molar-refractivity contribution in [3.8, 4) is 11.5 Å². The molecule has 2 rings (SSSR count). The number of para-hydroxylation sites is 2. The molecule has 1 atom stereocenters. The summed E-state index contributed by atoms with van der Waals surface area (Å²) in [5.41, 5.74) is 2.22. The molecule has 22 heavy (non-hydrogen) atoms. The minimum Gasteiger partial charge on any atom is -0.492 e. The second-order valence-corrected chi connectivity index (χ2v) is 5.27. The van der Waals surface area contributed by atoms with Crippen molar-refractivity contribution < 1.29 is 9.47 Å². The standard InChI is InChI=1S/C19H25NO2/c1-4-16(22-17-10-8-9-15(3)13-17)14-20-18-11-6-7-12-19(18)21-5-2/h6-13,16,20H,4-5,14H2,1-3H3. The first-order valence-corrected chi connectivity index (χ1v) is 7.92. The van der Waals surface area contributed by atoms with Gasteiger partial charge in [0.05, 0.1) is 18.8 Å². The highest BCUT2D eigenvalue weighted by molar-refractivity contribution is 5.56. The van der Waals surface area contributed by atoms with Gasteiger partial charge in [-0.15, -0.1) is 0 Å². The molecule has 0 aliphatic carbocycles. The van der Waals surface area contributed by atoms with Gasteiger partial charge >= 0.3 is 0 Å². The molecule has 0 amide bonds. The minimum atomic E-state index is 0.122. The Morgan fingerprint density at radius 1 is 1.05 bits per heavy atom. The fraction of sp³-hybridized carbons (Fsp3) is 0.368. The Morgan fingerprint density at radius 2 is 1.86 bits per heavy atom. The summed E-state index contributed by atoms with van der Waals surface area (Å²) in [4.78, 5) is 0. The van der Waals surface area contributed by atoms with Crippen LogP contribution in [0.15, 0.2) is 48.5 Å². The van der Waals surface area contributed by atoms with Gasteiger partial charge in [-0.25, -0.2) is 0 Å². The van der Waals surface area contributed by atoms with Gasteiger partial charge < -0.3 is 14.8 Å². The molecule has 0 aliphatic heterocycles. The second-order valence-electron chi connectivity index (χ2n) is 5.27. The first-order valence-electron chi connectivity index (χ1n) is 7.92. The van der Waals surface area contributed by atoms with Gasteiger partial charge in [-0.1, -0.05) is 31.2 Å². The number of hydrogen-bond acceptors (Lipinski definition) is 3. The van der Waals surface area contributed by atoms with Crippen molar-refractivity contribution in [2.45, 2.75) is 33.3 Å². The molecule has 0 saturated heterocycles. The van der Waals surface area contributed by atoms with E-state index in [1.807, 2.05) is 43.3 Å². The molecule has 118 valence electrons. The number of hydrogen-bond donors (Lipinski definition) is 1. The third-order valence-corrected chi connectivity index (χ3v) is 3.45. The molecule has 3 nitrogen and oxygen atoms in total. The van der Waals surface area contributed by atoms with Crippen molar-refractivity contribution in [1.29, 1.82) is 0 Å². The van der Waals surface area contributed by atoms with Crippen LogP contribution in [0.3, 0.4) is 0 Å². The number of nitrogens with one attached hydrogen (secondary N) is 1. The van der Waals surface area contributed by atoms with E-state index in [1.165, 1.54) is 5.56 Å². The minimum absolute atomic E-state index is 0.122. The SMILES string of the molecule is CCOc1ccccc1NCC(CC)Oc1cccc(C)c1. The molecule has 2 aromatic rings. The van der Waals surface area contributed by atoms with Crippen molar-refractivity contribution in [3.05, 3.63) is 54.1 Å².